The van der Waals surface area contributed by atoms with E-state index in [9.17, 15) is 0 Å². The summed E-state index contributed by atoms with van der Waals surface area (Å²) in [7, 11) is 1.65. The van der Waals surface area contributed by atoms with Gasteiger partial charge in [0.2, 0.25) is 0 Å². The van der Waals surface area contributed by atoms with Gasteiger partial charge < -0.3 is 15.5 Å². The molecule has 0 radical (unpaired) electrons. The maximum Gasteiger partial charge on any atom is 0.121 e. The molecule has 90 valence electrons. The summed E-state index contributed by atoms with van der Waals surface area (Å²) in [6, 6.07) is 5.77. The van der Waals surface area contributed by atoms with Crippen LogP contribution < -0.4 is 10.5 Å². The lowest BCUT2D eigenvalue weighted by molar-refractivity contribution is 0.415. The molecule has 0 amide bonds. The largest absolute Gasteiger partial charge is 0.497 e. The minimum atomic E-state index is 0. The zero-order chi connectivity index (χ0) is 9.97. The van der Waals surface area contributed by atoms with Gasteiger partial charge in [-0.05, 0) is 18.7 Å². The number of nitrogens with zero attached hydrogens (tertiary/aromatic N) is 1. The molecule has 0 atom stereocenters. The number of ether oxygens (including phenoxy) is 1. The van der Waals surface area contributed by atoms with E-state index < -0.39 is 0 Å². The van der Waals surface area contributed by atoms with E-state index in [1.54, 1.807) is 7.11 Å². The van der Waals surface area contributed by atoms with Gasteiger partial charge in [-0.15, -0.1) is 24.8 Å². The van der Waals surface area contributed by atoms with E-state index in [1.807, 2.05) is 18.2 Å². The number of H-pyrrole nitrogens is 1. The lowest BCUT2D eigenvalue weighted by atomic mass is 10.3. The van der Waals surface area contributed by atoms with Gasteiger partial charge in [-0.25, -0.2) is 4.98 Å². The lowest BCUT2D eigenvalue weighted by Crippen LogP contribution is -2.03. The number of hydrogen-bond acceptors (Lipinski definition) is 3. The Hall–Kier alpha value is -0.970. The number of fused-ring (bicyclic) bond motifs is 1. The first kappa shape index (κ1) is 15.0. The first-order valence-corrected chi connectivity index (χ1v) is 4.56. The van der Waals surface area contributed by atoms with Gasteiger partial charge in [0.1, 0.15) is 11.6 Å². The normalized spacial score (nSPS) is 9.38. The van der Waals surface area contributed by atoms with E-state index in [2.05, 4.69) is 9.97 Å². The first-order chi connectivity index (χ1) is 6.83. The number of hydrogen-bond donors (Lipinski definition) is 2. The van der Waals surface area contributed by atoms with Crippen molar-refractivity contribution in [2.45, 2.75) is 6.42 Å². The molecule has 0 unspecified atom stereocenters. The minimum Gasteiger partial charge on any atom is -0.497 e. The quantitative estimate of drug-likeness (QED) is 0.890. The maximum atomic E-state index is 5.45. The third-order valence-electron chi connectivity index (χ3n) is 2.12. The summed E-state index contributed by atoms with van der Waals surface area (Å²) in [4.78, 5) is 7.59. The Bertz CT molecular complexity index is 445. The van der Waals surface area contributed by atoms with Gasteiger partial charge in [0.15, 0.2) is 0 Å². The van der Waals surface area contributed by atoms with Crippen molar-refractivity contribution < 1.29 is 4.74 Å². The van der Waals surface area contributed by atoms with Crippen molar-refractivity contribution in [2.75, 3.05) is 13.7 Å². The van der Waals surface area contributed by atoms with Crippen LogP contribution in [-0.4, -0.2) is 23.6 Å². The summed E-state index contributed by atoms with van der Waals surface area (Å²) in [6.45, 7) is 0.608. The summed E-state index contributed by atoms with van der Waals surface area (Å²) in [5.41, 5.74) is 7.40. The average molecular weight is 264 g/mol. The van der Waals surface area contributed by atoms with Gasteiger partial charge in [-0.2, -0.15) is 0 Å². The van der Waals surface area contributed by atoms with Crippen LogP contribution in [0.3, 0.4) is 0 Å². The SMILES string of the molecule is COc1ccc2nc(CCN)[nH]c2c1.Cl.Cl. The van der Waals surface area contributed by atoms with Crippen LogP contribution in [0.25, 0.3) is 11.0 Å². The van der Waals surface area contributed by atoms with E-state index in [0.717, 1.165) is 29.0 Å². The second-order valence-corrected chi connectivity index (χ2v) is 3.11. The van der Waals surface area contributed by atoms with Gasteiger partial charge in [0.05, 0.1) is 18.1 Å². The van der Waals surface area contributed by atoms with Crippen LogP contribution >= 0.6 is 24.8 Å². The second-order valence-electron chi connectivity index (χ2n) is 3.11. The lowest BCUT2D eigenvalue weighted by Gasteiger charge is -1.96. The zero-order valence-corrected chi connectivity index (χ0v) is 10.5. The fraction of sp³-hybridized carbons (Fsp3) is 0.300. The smallest absolute Gasteiger partial charge is 0.121 e. The summed E-state index contributed by atoms with van der Waals surface area (Å²) in [5, 5.41) is 0. The number of rotatable bonds is 3. The van der Waals surface area contributed by atoms with E-state index in [-0.39, 0.29) is 24.8 Å². The van der Waals surface area contributed by atoms with E-state index in [4.69, 9.17) is 10.5 Å². The minimum absolute atomic E-state index is 0. The molecule has 3 N–H and O–H groups in total. The number of nitrogens with one attached hydrogen (secondary N) is 1. The van der Waals surface area contributed by atoms with Crippen molar-refractivity contribution in [3.8, 4) is 5.75 Å². The predicted octanol–water partition coefficient (Wildman–Crippen LogP) is 1.92. The van der Waals surface area contributed by atoms with Crippen LogP contribution in [0.15, 0.2) is 18.2 Å². The van der Waals surface area contributed by atoms with Crippen molar-refractivity contribution >= 4 is 35.8 Å². The highest BCUT2D eigenvalue weighted by atomic mass is 35.5. The van der Waals surface area contributed by atoms with E-state index in [0.29, 0.717) is 6.54 Å². The van der Waals surface area contributed by atoms with Gasteiger partial charge in [-0.1, -0.05) is 0 Å². The fourth-order valence-electron chi connectivity index (χ4n) is 1.42. The van der Waals surface area contributed by atoms with Gasteiger partial charge in [-0.3, -0.25) is 0 Å². The molecule has 0 aliphatic heterocycles. The second kappa shape index (κ2) is 6.58. The molecule has 1 heterocycles. The number of nitrogens with two attached hydrogens (primary N) is 1. The molecule has 1 aromatic carbocycles. The molecule has 2 rings (SSSR count). The molecule has 6 heteroatoms. The number of methoxy groups -OCH3 is 1. The predicted molar refractivity (Wildman–Crippen MR) is 69.9 cm³/mol. The summed E-state index contributed by atoms with van der Waals surface area (Å²) >= 11 is 0. The molecular formula is C10H15Cl2N3O. The molecular weight excluding hydrogens is 249 g/mol. The first-order valence-electron chi connectivity index (χ1n) is 4.56. The standard InChI is InChI=1S/C10H13N3O.2ClH/c1-14-7-2-3-8-9(6-7)13-10(12-8)4-5-11;;/h2-3,6H,4-5,11H2,1H3,(H,12,13);2*1H. The Morgan fingerprint density at radius 1 is 1.38 bits per heavy atom. The summed E-state index contributed by atoms with van der Waals surface area (Å²) < 4.78 is 5.12. The van der Waals surface area contributed by atoms with Crippen LogP contribution in [0.5, 0.6) is 5.75 Å². The number of imidazole rings is 1. The van der Waals surface area contributed by atoms with Crippen molar-refractivity contribution in [2.24, 2.45) is 5.73 Å². The monoisotopic (exact) mass is 263 g/mol. The van der Waals surface area contributed by atoms with Gasteiger partial charge in [0.25, 0.3) is 0 Å². The summed E-state index contributed by atoms with van der Waals surface area (Å²) in [6.07, 6.45) is 0.775. The van der Waals surface area contributed by atoms with Crippen molar-refractivity contribution in [3.05, 3.63) is 24.0 Å². The zero-order valence-electron chi connectivity index (χ0n) is 8.90. The third kappa shape index (κ3) is 3.01. The highest BCUT2D eigenvalue weighted by Crippen LogP contribution is 2.18. The highest BCUT2D eigenvalue weighted by molar-refractivity contribution is 5.85. The molecule has 0 fully saturated rings. The number of halogens is 2. The van der Waals surface area contributed by atoms with E-state index in [1.165, 1.54) is 0 Å². The fourth-order valence-corrected chi connectivity index (χ4v) is 1.42. The molecule has 16 heavy (non-hydrogen) atoms. The van der Waals surface area contributed by atoms with Crippen LogP contribution in [0, 0.1) is 0 Å². The van der Waals surface area contributed by atoms with Crippen LogP contribution in [0.2, 0.25) is 0 Å². The Labute approximate surface area is 106 Å². The molecule has 0 saturated heterocycles. The van der Waals surface area contributed by atoms with Crippen LogP contribution in [0.4, 0.5) is 0 Å². The van der Waals surface area contributed by atoms with Crippen molar-refractivity contribution in [1.82, 2.24) is 9.97 Å². The molecule has 0 saturated carbocycles. The Morgan fingerprint density at radius 2 is 2.12 bits per heavy atom. The van der Waals surface area contributed by atoms with Crippen molar-refractivity contribution in [3.63, 3.8) is 0 Å². The molecule has 0 aliphatic rings. The third-order valence-corrected chi connectivity index (χ3v) is 2.12. The number of aromatic amines is 1. The highest BCUT2D eigenvalue weighted by Gasteiger charge is 2.02. The maximum absolute atomic E-state index is 5.45. The number of aromatic nitrogens is 2. The van der Waals surface area contributed by atoms with Crippen LogP contribution in [0.1, 0.15) is 5.82 Å². The molecule has 1 aromatic heterocycles. The molecule has 0 spiro atoms. The van der Waals surface area contributed by atoms with E-state index >= 15 is 0 Å². The molecule has 4 nitrogen and oxygen atoms in total. The summed E-state index contributed by atoms with van der Waals surface area (Å²) in [5.74, 6) is 1.76. The Balaban J connectivity index is 0.00000112. The molecule has 0 aliphatic carbocycles. The topological polar surface area (TPSA) is 63.9 Å². The Morgan fingerprint density at radius 3 is 2.75 bits per heavy atom. The van der Waals surface area contributed by atoms with Crippen molar-refractivity contribution in [1.29, 1.82) is 0 Å². The van der Waals surface area contributed by atoms with Gasteiger partial charge in [0, 0.05) is 12.5 Å². The molecule has 0 bridgehead atoms. The number of benzene rings is 1. The Kier molecular flexibility index (Phi) is 6.18. The average Bonchev–Trinajstić information content (AvgIpc) is 2.59. The van der Waals surface area contributed by atoms with Crippen LogP contribution in [-0.2, 0) is 6.42 Å². The van der Waals surface area contributed by atoms with Gasteiger partial charge >= 0.3 is 0 Å². The molecule has 2 aromatic rings.